The van der Waals surface area contributed by atoms with Crippen molar-refractivity contribution in [2.75, 3.05) is 7.11 Å². The normalized spacial score (nSPS) is 10.8. The van der Waals surface area contributed by atoms with Crippen LogP contribution in [0.25, 0.3) is 16.9 Å². The molecule has 0 bridgehead atoms. The van der Waals surface area contributed by atoms with Crippen LogP contribution >= 0.6 is 0 Å². The lowest BCUT2D eigenvalue weighted by Crippen LogP contribution is -2.42. The smallest absolute Gasteiger partial charge is 0.351 e. The minimum absolute atomic E-state index is 0.0164. The van der Waals surface area contributed by atoms with E-state index in [1.807, 2.05) is 0 Å². The van der Waals surface area contributed by atoms with Crippen molar-refractivity contribution in [2.24, 2.45) is 14.1 Å². The van der Waals surface area contributed by atoms with Crippen molar-refractivity contribution in [3.63, 3.8) is 0 Å². The van der Waals surface area contributed by atoms with Gasteiger partial charge >= 0.3 is 11.2 Å². The number of aromatic amines is 1. The summed E-state index contributed by atoms with van der Waals surface area (Å²) in [5.74, 6) is -0.852. The van der Waals surface area contributed by atoms with E-state index in [0.717, 1.165) is 27.7 Å². The minimum atomic E-state index is -0.956. The molecule has 0 fully saturated rings. The van der Waals surface area contributed by atoms with E-state index in [0.29, 0.717) is 4.57 Å². The Morgan fingerprint density at radius 2 is 1.81 bits per heavy atom. The van der Waals surface area contributed by atoms with Crippen LogP contribution in [0, 0.1) is 5.82 Å². The summed E-state index contributed by atoms with van der Waals surface area (Å²) in [4.78, 5) is 49.4. The Morgan fingerprint density at radius 1 is 1.11 bits per heavy atom. The van der Waals surface area contributed by atoms with Gasteiger partial charge in [-0.2, -0.15) is 5.10 Å². The average molecular weight is 375 g/mol. The number of rotatable bonds is 3. The number of methoxy groups -OCH3 is 1. The quantitative estimate of drug-likeness (QED) is 0.594. The van der Waals surface area contributed by atoms with Gasteiger partial charge in [-0.3, -0.25) is 19.1 Å². The highest BCUT2D eigenvalue weighted by atomic mass is 19.1. The summed E-state index contributed by atoms with van der Waals surface area (Å²) < 4.78 is 21.0. The number of nitrogens with one attached hydrogen (secondary N) is 1. The van der Waals surface area contributed by atoms with Gasteiger partial charge in [0.25, 0.3) is 11.0 Å². The second kappa shape index (κ2) is 6.52. The summed E-state index contributed by atoms with van der Waals surface area (Å²) in [6.45, 7) is 0. The predicted octanol–water partition coefficient (Wildman–Crippen LogP) is -0.867. The van der Waals surface area contributed by atoms with E-state index in [9.17, 15) is 23.6 Å². The highest BCUT2D eigenvalue weighted by Gasteiger charge is 2.19. The Balaban J connectivity index is 2.38. The molecule has 0 atom stereocenters. The molecule has 0 amide bonds. The van der Waals surface area contributed by atoms with E-state index in [1.54, 1.807) is 0 Å². The second-order valence-corrected chi connectivity index (χ2v) is 5.59. The third kappa shape index (κ3) is 2.88. The van der Waals surface area contributed by atoms with Crippen LogP contribution in [-0.4, -0.2) is 31.2 Å². The molecule has 27 heavy (non-hydrogen) atoms. The molecule has 2 heterocycles. The molecule has 0 aliphatic carbocycles. The summed E-state index contributed by atoms with van der Waals surface area (Å²) >= 11 is 0. The second-order valence-electron chi connectivity index (χ2n) is 5.59. The first-order chi connectivity index (χ1) is 12.8. The Labute approximate surface area is 149 Å². The molecule has 3 aromatic rings. The first-order valence-electron chi connectivity index (χ1n) is 7.59. The number of aromatic nitrogens is 5. The molecule has 1 N–H and O–H groups in total. The Morgan fingerprint density at radius 3 is 2.48 bits per heavy atom. The molecule has 0 saturated heterocycles. The molecule has 0 spiro atoms. The average Bonchev–Trinajstić information content (AvgIpc) is 2.65. The first kappa shape index (κ1) is 18.0. The van der Waals surface area contributed by atoms with Crippen LogP contribution in [0.3, 0.4) is 0 Å². The number of H-pyrrole nitrogens is 1. The van der Waals surface area contributed by atoms with Crippen LogP contribution in [0.2, 0.25) is 0 Å². The van der Waals surface area contributed by atoms with E-state index in [4.69, 9.17) is 4.74 Å². The van der Waals surface area contributed by atoms with Crippen LogP contribution in [-0.2, 0) is 14.1 Å². The van der Waals surface area contributed by atoms with E-state index < -0.39 is 33.7 Å². The van der Waals surface area contributed by atoms with Crippen LogP contribution in [0.4, 0.5) is 4.39 Å². The van der Waals surface area contributed by atoms with Gasteiger partial charge in [0.1, 0.15) is 0 Å². The zero-order valence-electron chi connectivity index (χ0n) is 14.5. The third-order valence-electron chi connectivity index (χ3n) is 3.92. The van der Waals surface area contributed by atoms with Gasteiger partial charge < -0.3 is 9.84 Å². The van der Waals surface area contributed by atoms with Crippen LogP contribution < -0.4 is 27.0 Å². The standard InChI is InChI=1S/C16H14FN5O5/c1-20-15(25)13(23)9(7-18-20)12-14(24)22(16(26)21(2)19-12)8-4-5-10(17)11(6-8)27-3/h4-7,18H,1-3H3. The molecular formula is C16H14FN5O5. The van der Waals surface area contributed by atoms with Gasteiger partial charge in [0.2, 0.25) is 0 Å². The number of hydrogen-bond acceptors (Lipinski definition) is 6. The van der Waals surface area contributed by atoms with Crippen molar-refractivity contribution < 1.29 is 9.13 Å². The van der Waals surface area contributed by atoms with Crippen molar-refractivity contribution in [3.05, 3.63) is 71.6 Å². The van der Waals surface area contributed by atoms with Gasteiger partial charge in [-0.05, 0) is 12.1 Å². The lowest BCUT2D eigenvalue weighted by atomic mass is 10.2. The molecular weight excluding hydrogens is 361 g/mol. The molecule has 0 saturated carbocycles. The maximum atomic E-state index is 13.7. The van der Waals surface area contributed by atoms with E-state index in [1.165, 1.54) is 27.3 Å². The fourth-order valence-electron chi connectivity index (χ4n) is 2.49. The number of aryl methyl sites for hydroxylation is 2. The fraction of sp³-hybridized carbons (Fsp3) is 0.188. The van der Waals surface area contributed by atoms with Gasteiger partial charge in [0.05, 0.1) is 18.4 Å². The number of benzene rings is 1. The Kier molecular flexibility index (Phi) is 4.35. The molecule has 140 valence electrons. The maximum absolute atomic E-state index is 13.7. The Bertz CT molecular complexity index is 1280. The molecule has 0 radical (unpaired) electrons. The fourth-order valence-corrected chi connectivity index (χ4v) is 2.49. The number of halogens is 1. The third-order valence-corrected chi connectivity index (χ3v) is 3.92. The van der Waals surface area contributed by atoms with E-state index in [2.05, 4.69) is 10.2 Å². The molecule has 11 heteroatoms. The van der Waals surface area contributed by atoms with Crippen molar-refractivity contribution in [1.82, 2.24) is 24.1 Å². The minimum Gasteiger partial charge on any atom is -0.494 e. The van der Waals surface area contributed by atoms with Crippen molar-refractivity contribution in [1.29, 1.82) is 0 Å². The summed E-state index contributed by atoms with van der Waals surface area (Å²) in [7, 11) is 3.85. The van der Waals surface area contributed by atoms with Gasteiger partial charge in [0, 0.05) is 26.4 Å². The zero-order chi connectivity index (χ0) is 19.9. The van der Waals surface area contributed by atoms with Crippen LogP contribution in [0.1, 0.15) is 0 Å². The lowest BCUT2D eigenvalue weighted by molar-refractivity contribution is 0.386. The van der Waals surface area contributed by atoms with Crippen molar-refractivity contribution in [3.8, 4) is 22.7 Å². The van der Waals surface area contributed by atoms with Crippen molar-refractivity contribution >= 4 is 0 Å². The van der Waals surface area contributed by atoms with Gasteiger partial charge in [0.15, 0.2) is 17.3 Å². The van der Waals surface area contributed by atoms with E-state index >= 15 is 0 Å². The largest absolute Gasteiger partial charge is 0.494 e. The van der Waals surface area contributed by atoms with Gasteiger partial charge in [-0.1, -0.05) is 0 Å². The first-order valence-corrected chi connectivity index (χ1v) is 7.59. The van der Waals surface area contributed by atoms with E-state index in [-0.39, 0.29) is 17.0 Å². The predicted molar refractivity (Wildman–Crippen MR) is 92.9 cm³/mol. The Hall–Kier alpha value is -3.76. The SMILES string of the molecule is COc1cc(-n2c(=O)c(-c3c[nH]n(C)c(=O)c3=O)nn(C)c2=O)ccc1F. The number of hydrogen-bond donors (Lipinski definition) is 1. The summed E-state index contributed by atoms with van der Waals surface area (Å²) in [6.07, 6.45) is 1.15. The van der Waals surface area contributed by atoms with Crippen LogP contribution in [0.15, 0.2) is 43.6 Å². The van der Waals surface area contributed by atoms with Crippen LogP contribution in [0.5, 0.6) is 5.75 Å². The highest BCUT2D eigenvalue weighted by Crippen LogP contribution is 2.19. The molecule has 0 unspecified atom stereocenters. The van der Waals surface area contributed by atoms with Gasteiger partial charge in [-0.25, -0.2) is 18.4 Å². The molecule has 3 rings (SSSR count). The molecule has 10 nitrogen and oxygen atoms in total. The summed E-state index contributed by atoms with van der Waals surface area (Å²) in [5, 5.41) is 6.33. The monoisotopic (exact) mass is 375 g/mol. The zero-order valence-corrected chi connectivity index (χ0v) is 14.5. The maximum Gasteiger partial charge on any atom is 0.351 e. The van der Waals surface area contributed by atoms with Gasteiger partial charge in [-0.15, -0.1) is 0 Å². The molecule has 1 aromatic carbocycles. The lowest BCUT2D eigenvalue weighted by Gasteiger charge is -2.11. The molecule has 0 aliphatic rings. The molecule has 2 aromatic heterocycles. The highest BCUT2D eigenvalue weighted by molar-refractivity contribution is 5.56. The summed E-state index contributed by atoms with van der Waals surface area (Å²) in [6, 6.07) is 3.40. The topological polar surface area (TPSA) is 121 Å². The van der Waals surface area contributed by atoms with Crippen molar-refractivity contribution in [2.45, 2.75) is 0 Å². The number of nitrogens with zero attached hydrogens (tertiary/aromatic N) is 4. The summed E-state index contributed by atoms with van der Waals surface area (Å²) in [5.41, 5.74) is -4.29. The number of ether oxygens (including phenoxy) is 1. The molecule has 0 aliphatic heterocycles.